The van der Waals surface area contributed by atoms with E-state index < -0.39 is 11.7 Å². The fourth-order valence-corrected chi connectivity index (χ4v) is 6.84. The van der Waals surface area contributed by atoms with Crippen LogP contribution in [0.25, 0.3) is 0 Å². The maximum Gasteiger partial charge on any atom is 0.416 e. The molecular formula is C30H36F3NO2. The van der Waals surface area contributed by atoms with E-state index in [1.807, 2.05) is 0 Å². The van der Waals surface area contributed by atoms with Crippen LogP contribution in [0.1, 0.15) is 134 Å². The lowest BCUT2D eigenvalue weighted by atomic mass is 9.70. The van der Waals surface area contributed by atoms with Crippen LogP contribution in [-0.4, -0.2) is 17.9 Å². The predicted octanol–water partition coefficient (Wildman–Crippen LogP) is 8.31. The molecule has 2 saturated carbocycles. The van der Waals surface area contributed by atoms with Crippen molar-refractivity contribution in [2.24, 2.45) is 5.41 Å². The monoisotopic (exact) mass is 499 g/mol. The molecule has 5 rings (SSSR count). The molecule has 3 nitrogen and oxygen atoms in total. The zero-order valence-corrected chi connectivity index (χ0v) is 21.5. The highest BCUT2D eigenvalue weighted by Gasteiger charge is 2.41. The third-order valence-corrected chi connectivity index (χ3v) is 8.58. The van der Waals surface area contributed by atoms with Crippen molar-refractivity contribution in [3.05, 3.63) is 63.5 Å². The molecule has 2 aromatic rings. The first kappa shape index (κ1) is 25.4. The number of nitrogens with zero attached hydrogens (tertiary/aromatic N) is 1. The van der Waals surface area contributed by atoms with Crippen LogP contribution in [0.2, 0.25) is 0 Å². The molecule has 1 aromatic heterocycles. The second-order valence-electron chi connectivity index (χ2n) is 11.8. The fraction of sp³-hybridized carbons (Fsp3) is 0.600. The molecule has 1 heterocycles. The minimum atomic E-state index is -4.43. The lowest BCUT2D eigenvalue weighted by molar-refractivity contribution is -0.137. The van der Waals surface area contributed by atoms with Gasteiger partial charge >= 0.3 is 6.18 Å². The Bertz CT molecular complexity index is 1120. The maximum absolute atomic E-state index is 14.2. The molecule has 0 saturated heterocycles. The zero-order valence-electron chi connectivity index (χ0n) is 21.5. The average Bonchev–Trinajstić information content (AvgIpc) is 3.55. The molecule has 2 fully saturated rings. The van der Waals surface area contributed by atoms with Crippen molar-refractivity contribution in [1.29, 1.82) is 0 Å². The Morgan fingerprint density at radius 1 is 0.944 bits per heavy atom. The number of ketones is 1. The molecule has 194 valence electrons. The highest BCUT2D eigenvalue weighted by Crippen LogP contribution is 2.50. The number of ether oxygens (including phenoxy) is 1. The number of pyridine rings is 1. The van der Waals surface area contributed by atoms with Gasteiger partial charge in [-0.3, -0.25) is 9.78 Å². The van der Waals surface area contributed by atoms with Gasteiger partial charge in [0.2, 0.25) is 0 Å². The molecular weight excluding hydrogens is 463 g/mol. The summed E-state index contributed by atoms with van der Waals surface area (Å²) < 4.78 is 45.7. The molecule has 3 aliphatic rings. The topological polar surface area (TPSA) is 39.2 Å². The highest BCUT2D eigenvalue weighted by atomic mass is 19.4. The number of hydrogen-bond acceptors (Lipinski definition) is 3. The molecule has 6 heteroatoms. The Kier molecular flexibility index (Phi) is 6.78. The van der Waals surface area contributed by atoms with Crippen LogP contribution >= 0.6 is 0 Å². The van der Waals surface area contributed by atoms with Gasteiger partial charge in [-0.05, 0) is 67.6 Å². The first-order valence-corrected chi connectivity index (χ1v) is 13.4. The Morgan fingerprint density at radius 3 is 2.08 bits per heavy atom. The van der Waals surface area contributed by atoms with Crippen LogP contribution in [0.3, 0.4) is 0 Å². The third-order valence-electron chi connectivity index (χ3n) is 8.58. The van der Waals surface area contributed by atoms with E-state index in [2.05, 4.69) is 13.8 Å². The summed E-state index contributed by atoms with van der Waals surface area (Å²) in [5, 5.41) is 0. The quantitative estimate of drug-likeness (QED) is 0.388. The first-order valence-electron chi connectivity index (χ1n) is 13.4. The number of methoxy groups -OCH3 is 1. The molecule has 0 aliphatic heterocycles. The Balaban J connectivity index is 1.73. The summed E-state index contributed by atoms with van der Waals surface area (Å²) in [5.41, 5.74) is 4.38. The van der Waals surface area contributed by atoms with Gasteiger partial charge in [-0.25, -0.2) is 0 Å². The van der Waals surface area contributed by atoms with E-state index >= 15 is 0 Å². The summed E-state index contributed by atoms with van der Waals surface area (Å²) in [5.74, 6) is 0.284. The number of carbonyl (C=O) groups excluding carboxylic acids is 1. The second kappa shape index (κ2) is 9.59. The predicted molar refractivity (Wildman–Crippen MR) is 133 cm³/mol. The van der Waals surface area contributed by atoms with E-state index in [0.717, 1.165) is 98.9 Å². The minimum Gasteiger partial charge on any atom is -0.377 e. The molecule has 0 amide bonds. The largest absolute Gasteiger partial charge is 0.416 e. The van der Waals surface area contributed by atoms with Crippen molar-refractivity contribution in [2.75, 3.05) is 7.11 Å². The highest BCUT2D eigenvalue weighted by molar-refractivity contribution is 6.11. The van der Waals surface area contributed by atoms with Crippen LogP contribution < -0.4 is 0 Å². The molecule has 1 atom stereocenters. The molecule has 0 spiro atoms. The van der Waals surface area contributed by atoms with Crippen LogP contribution in [-0.2, 0) is 17.3 Å². The summed E-state index contributed by atoms with van der Waals surface area (Å²) in [6, 6.07) is 4.70. The Hall–Kier alpha value is -2.21. The number of benzene rings is 1. The molecule has 0 N–H and O–H groups in total. The van der Waals surface area contributed by atoms with E-state index in [9.17, 15) is 18.0 Å². The number of alkyl halides is 3. The number of fused-ring (bicyclic) bond motifs is 1. The normalized spacial score (nSPS) is 22.7. The lowest BCUT2D eigenvalue weighted by Gasteiger charge is -2.39. The van der Waals surface area contributed by atoms with Gasteiger partial charge in [-0.15, -0.1) is 0 Å². The van der Waals surface area contributed by atoms with Gasteiger partial charge in [-0.1, -0.05) is 51.7 Å². The average molecular weight is 500 g/mol. The van der Waals surface area contributed by atoms with Crippen LogP contribution in [0.5, 0.6) is 0 Å². The Morgan fingerprint density at radius 2 is 1.53 bits per heavy atom. The summed E-state index contributed by atoms with van der Waals surface area (Å²) in [6.45, 7) is 4.49. The van der Waals surface area contributed by atoms with E-state index in [1.165, 1.54) is 12.1 Å². The van der Waals surface area contributed by atoms with E-state index in [4.69, 9.17) is 9.72 Å². The van der Waals surface area contributed by atoms with Crippen molar-refractivity contribution in [3.63, 3.8) is 0 Å². The molecule has 0 radical (unpaired) electrons. The first-order chi connectivity index (χ1) is 17.1. The lowest BCUT2D eigenvalue weighted by Crippen LogP contribution is -2.31. The maximum atomic E-state index is 14.2. The number of aromatic nitrogens is 1. The number of carbonyl (C=O) groups is 1. The summed E-state index contributed by atoms with van der Waals surface area (Å²) in [6.07, 6.45) is 5.65. The van der Waals surface area contributed by atoms with Crippen molar-refractivity contribution in [1.82, 2.24) is 4.98 Å². The number of hydrogen-bond donors (Lipinski definition) is 0. The van der Waals surface area contributed by atoms with Crippen LogP contribution in [0.4, 0.5) is 13.2 Å². The van der Waals surface area contributed by atoms with Gasteiger partial charge in [0.05, 0.1) is 17.4 Å². The van der Waals surface area contributed by atoms with Gasteiger partial charge in [0.15, 0.2) is 5.78 Å². The Labute approximate surface area is 211 Å². The summed E-state index contributed by atoms with van der Waals surface area (Å²) in [4.78, 5) is 19.5. The van der Waals surface area contributed by atoms with Gasteiger partial charge in [0.25, 0.3) is 0 Å². The molecule has 36 heavy (non-hydrogen) atoms. The smallest absolute Gasteiger partial charge is 0.377 e. The van der Waals surface area contributed by atoms with Crippen molar-refractivity contribution in [3.8, 4) is 0 Å². The van der Waals surface area contributed by atoms with Crippen molar-refractivity contribution < 1.29 is 22.7 Å². The standard InChI is InChI=1S/C30H36F3NO2/c1-29(2)16-22-25(23(17-29)36-3)24(18-8-4-5-9-18)26(27(34-22)19-10-6-7-11-19)28(35)20-12-14-21(15-13-20)30(31,32)33/h12-15,18-19,23H,4-11,16-17H2,1-3H3/t23-/m0/s1. The number of rotatable bonds is 5. The zero-order chi connectivity index (χ0) is 25.7. The molecule has 1 aromatic carbocycles. The minimum absolute atomic E-state index is 0.0412. The van der Waals surface area contributed by atoms with Crippen molar-refractivity contribution >= 4 is 5.78 Å². The molecule has 0 bridgehead atoms. The van der Waals surface area contributed by atoms with Gasteiger partial charge in [-0.2, -0.15) is 13.2 Å². The van der Waals surface area contributed by atoms with E-state index in [1.54, 1.807) is 7.11 Å². The van der Waals surface area contributed by atoms with E-state index in [-0.39, 0.29) is 29.1 Å². The van der Waals surface area contributed by atoms with E-state index in [0.29, 0.717) is 11.1 Å². The second-order valence-corrected chi connectivity index (χ2v) is 11.8. The SMILES string of the molecule is CO[C@H]1CC(C)(C)Cc2nc(C3CCCC3)c(C(=O)c3ccc(C(F)(F)F)cc3)c(C3CCCC3)c21. The van der Waals surface area contributed by atoms with Gasteiger partial charge < -0.3 is 4.74 Å². The van der Waals surface area contributed by atoms with Gasteiger partial charge in [0, 0.05) is 35.4 Å². The molecule has 3 aliphatic carbocycles. The van der Waals surface area contributed by atoms with Gasteiger partial charge in [0.1, 0.15) is 0 Å². The van der Waals surface area contributed by atoms with Crippen LogP contribution in [0, 0.1) is 5.41 Å². The number of halogens is 3. The van der Waals surface area contributed by atoms with Crippen molar-refractivity contribution in [2.45, 2.75) is 102 Å². The van der Waals surface area contributed by atoms with Crippen LogP contribution in [0.15, 0.2) is 24.3 Å². The summed E-state index contributed by atoms with van der Waals surface area (Å²) >= 11 is 0. The fourth-order valence-electron chi connectivity index (χ4n) is 6.84. The summed E-state index contributed by atoms with van der Waals surface area (Å²) in [7, 11) is 1.73. The third kappa shape index (κ3) is 4.73. The molecule has 0 unspecified atom stereocenters.